The average Bonchev–Trinajstić information content (AvgIpc) is 2.67. The Labute approximate surface area is 171 Å². The summed E-state index contributed by atoms with van der Waals surface area (Å²) in [5.74, 6) is 0. The fraction of sp³-hybridized carbons (Fsp3) is 0.105. The number of nitrogens with one attached hydrogen (secondary N) is 1. The van der Waals surface area contributed by atoms with Crippen LogP contribution in [0.1, 0.15) is 16.8 Å². The zero-order chi connectivity index (χ0) is 22.1. The molecule has 1 N–H and O–H groups in total. The summed E-state index contributed by atoms with van der Waals surface area (Å²) >= 11 is 0.957. The first-order chi connectivity index (χ1) is 14.1. The molecule has 3 aromatic rings. The van der Waals surface area contributed by atoms with Crippen LogP contribution in [-0.4, -0.2) is 14.9 Å². The van der Waals surface area contributed by atoms with Crippen LogP contribution in [0.3, 0.4) is 0 Å². The van der Waals surface area contributed by atoms with E-state index in [4.69, 9.17) is 0 Å². The minimum absolute atomic E-state index is 0.178. The third-order valence-electron chi connectivity index (χ3n) is 4.02. The molecule has 0 amide bonds. The van der Waals surface area contributed by atoms with Crippen LogP contribution in [0.2, 0.25) is 0 Å². The van der Waals surface area contributed by atoms with Gasteiger partial charge < -0.3 is 4.98 Å². The Morgan fingerprint density at radius 3 is 2.50 bits per heavy atom. The lowest BCUT2D eigenvalue weighted by molar-refractivity contribution is -0.384. The minimum atomic E-state index is -4.53. The highest BCUT2D eigenvalue weighted by Gasteiger charge is 2.30. The number of aromatic nitrogens is 2. The van der Waals surface area contributed by atoms with E-state index in [1.165, 1.54) is 30.3 Å². The summed E-state index contributed by atoms with van der Waals surface area (Å²) in [6, 6.07) is 9.17. The number of non-ortho nitro benzene ring substituents is 1. The number of nitrogens with zero attached hydrogens (tertiary/aromatic N) is 3. The molecule has 0 atom stereocenters. The molecule has 0 aliphatic rings. The Kier molecular flexibility index (Phi) is 5.62. The molecule has 0 fully saturated rings. The molecule has 0 saturated heterocycles. The van der Waals surface area contributed by atoms with Crippen LogP contribution in [0.4, 0.5) is 18.9 Å². The molecule has 2 aromatic heterocycles. The van der Waals surface area contributed by atoms with Gasteiger partial charge in [-0.25, -0.2) is 4.98 Å². The second kappa shape index (κ2) is 8.00. The predicted molar refractivity (Wildman–Crippen MR) is 102 cm³/mol. The lowest BCUT2D eigenvalue weighted by atomic mass is 10.0. The number of nitro benzene ring substituents is 1. The van der Waals surface area contributed by atoms with Gasteiger partial charge in [-0.1, -0.05) is 11.8 Å². The number of pyridine rings is 2. The Morgan fingerprint density at radius 2 is 1.93 bits per heavy atom. The summed E-state index contributed by atoms with van der Waals surface area (Å²) in [4.78, 5) is 29.4. The highest BCUT2D eigenvalue weighted by atomic mass is 32.2. The molecule has 0 spiro atoms. The number of rotatable bonds is 4. The van der Waals surface area contributed by atoms with E-state index in [2.05, 4.69) is 9.97 Å². The summed E-state index contributed by atoms with van der Waals surface area (Å²) in [5, 5.41) is 20.8. The van der Waals surface area contributed by atoms with Gasteiger partial charge in [-0.05, 0) is 31.2 Å². The van der Waals surface area contributed by atoms with Crippen LogP contribution in [0.15, 0.2) is 57.3 Å². The van der Waals surface area contributed by atoms with E-state index in [1.54, 1.807) is 13.0 Å². The molecule has 0 saturated carbocycles. The topological polar surface area (TPSA) is 113 Å². The molecule has 0 aliphatic heterocycles. The van der Waals surface area contributed by atoms with Crippen LogP contribution in [0.25, 0.3) is 11.1 Å². The van der Waals surface area contributed by atoms with Gasteiger partial charge in [0.2, 0.25) is 0 Å². The third-order valence-corrected chi connectivity index (χ3v) is 5.05. The predicted octanol–water partition coefficient (Wildman–Crippen LogP) is 4.70. The summed E-state index contributed by atoms with van der Waals surface area (Å²) in [7, 11) is 0. The van der Waals surface area contributed by atoms with Crippen LogP contribution >= 0.6 is 11.8 Å². The number of aromatic amines is 1. The molecule has 30 heavy (non-hydrogen) atoms. The Morgan fingerprint density at radius 1 is 1.20 bits per heavy atom. The van der Waals surface area contributed by atoms with E-state index < -0.39 is 22.2 Å². The van der Waals surface area contributed by atoms with Crippen LogP contribution in [-0.2, 0) is 6.18 Å². The van der Waals surface area contributed by atoms with Crippen LogP contribution in [0, 0.1) is 28.4 Å². The number of hydrogen-bond donors (Lipinski definition) is 1. The molecule has 2 heterocycles. The first-order valence-corrected chi connectivity index (χ1v) is 9.05. The maximum atomic E-state index is 12.7. The Balaban J connectivity index is 2.15. The molecule has 152 valence electrons. The highest BCUT2D eigenvalue weighted by molar-refractivity contribution is 7.99. The molecule has 1 aromatic carbocycles. The van der Waals surface area contributed by atoms with Gasteiger partial charge in [0, 0.05) is 40.0 Å². The lowest BCUT2D eigenvalue weighted by Crippen LogP contribution is -2.13. The minimum Gasteiger partial charge on any atom is -0.325 e. The fourth-order valence-electron chi connectivity index (χ4n) is 2.66. The third kappa shape index (κ3) is 4.33. The van der Waals surface area contributed by atoms with Crippen molar-refractivity contribution in [3.63, 3.8) is 0 Å². The van der Waals surface area contributed by atoms with E-state index in [0.717, 1.165) is 17.8 Å². The summed E-state index contributed by atoms with van der Waals surface area (Å²) in [6.07, 6.45) is -3.84. The van der Waals surface area contributed by atoms with Gasteiger partial charge in [-0.15, -0.1) is 0 Å². The molecular formula is C19H11F3N4O3S. The van der Waals surface area contributed by atoms with Gasteiger partial charge in [-0.2, -0.15) is 18.4 Å². The molecule has 11 heteroatoms. The number of nitriles is 1. The second-order valence-electron chi connectivity index (χ2n) is 6.10. The molecule has 0 aliphatic carbocycles. The number of nitro groups is 1. The molecule has 7 nitrogen and oxygen atoms in total. The number of H-pyrrole nitrogens is 1. The zero-order valence-corrected chi connectivity index (χ0v) is 16.0. The maximum Gasteiger partial charge on any atom is 0.417 e. The first-order valence-electron chi connectivity index (χ1n) is 8.24. The van der Waals surface area contributed by atoms with Crippen molar-refractivity contribution in [2.45, 2.75) is 23.0 Å². The van der Waals surface area contributed by atoms with Crippen molar-refractivity contribution < 1.29 is 18.1 Å². The summed E-state index contributed by atoms with van der Waals surface area (Å²) < 4.78 is 38.2. The number of benzene rings is 1. The average molecular weight is 432 g/mol. The Hall–Kier alpha value is -3.65. The van der Waals surface area contributed by atoms with Crippen molar-refractivity contribution in [2.75, 3.05) is 0 Å². The van der Waals surface area contributed by atoms with Crippen molar-refractivity contribution in [1.29, 1.82) is 5.26 Å². The van der Waals surface area contributed by atoms with Crippen molar-refractivity contribution in [1.82, 2.24) is 9.97 Å². The van der Waals surface area contributed by atoms with Crippen molar-refractivity contribution in [3.8, 4) is 17.2 Å². The van der Waals surface area contributed by atoms with Crippen molar-refractivity contribution in [2.24, 2.45) is 0 Å². The zero-order valence-electron chi connectivity index (χ0n) is 15.1. The van der Waals surface area contributed by atoms with E-state index in [0.29, 0.717) is 16.8 Å². The molecule has 0 radical (unpaired) electrons. The monoisotopic (exact) mass is 432 g/mol. The van der Waals surface area contributed by atoms with Crippen molar-refractivity contribution >= 4 is 17.4 Å². The number of halogens is 3. The summed E-state index contributed by atoms with van der Waals surface area (Å²) in [5.41, 5.74) is -1.22. The van der Waals surface area contributed by atoms with Gasteiger partial charge in [0.05, 0.1) is 10.5 Å². The molecule has 0 unspecified atom stereocenters. The van der Waals surface area contributed by atoms with Gasteiger partial charge >= 0.3 is 6.18 Å². The van der Waals surface area contributed by atoms with Gasteiger partial charge in [0.15, 0.2) is 0 Å². The number of hydrogen-bond acceptors (Lipinski definition) is 6. The number of aryl methyl sites for hydroxylation is 1. The second-order valence-corrected chi connectivity index (χ2v) is 7.17. The number of alkyl halides is 3. The Bertz CT molecular complexity index is 1230. The SMILES string of the molecule is Cc1cc(-c2cc([N+](=O)[O-])ccc2Sc2ccc(C(F)(F)F)cn2)c(C#N)c(=O)[nH]1. The van der Waals surface area contributed by atoms with Crippen LogP contribution in [0.5, 0.6) is 0 Å². The lowest BCUT2D eigenvalue weighted by Gasteiger charge is -2.12. The largest absolute Gasteiger partial charge is 0.417 e. The quantitative estimate of drug-likeness (QED) is 0.473. The smallest absolute Gasteiger partial charge is 0.325 e. The van der Waals surface area contributed by atoms with Gasteiger partial charge in [0.25, 0.3) is 11.2 Å². The van der Waals surface area contributed by atoms with E-state index in [1.807, 2.05) is 0 Å². The van der Waals surface area contributed by atoms with Gasteiger partial charge in [0.1, 0.15) is 16.7 Å². The van der Waals surface area contributed by atoms with Crippen molar-refractivity contribution in [3.05, 3.63) is 79.9 Å². The van der Waals surface area contributed by atoms with E-state index >= 15 is 0 Å². The van der Waals surface area contributed by atoms with E-state index in [-0.39, 0.29) is 27.4 Å². The van der Waals surface area contributed by atoms with E-state index in [9.17, 15) is 33.3 Å². The van der Waals surface area contributed by atoms with Gasteiger partial charge in [-0.3, -0.25) is 14.9 Å². The highest BCUT2D eigenvalue weighted by Crippen LogP contribution is 2.39. The molecule has 0 bridgehead atoms. The standard InChI is InChI=1S/C19H11F3N4O3S/c1-10-6-13(15(8-23)18(27)25-10)14-7-12(26(28)29)3-4-16(14)30-17-5-2-11(9-24-17)19(20,21)22/h2-7,9H,1H3,(H,25,27). The first kappa shape index (κ1) is 21.1. The summed E-state index contributed by atoms with van der Waals surface area (Å²) in [6.45, 7) is 1.59. The normalized spacial score (nSPS) is 11.2. The molecule has 3 rings (SSSR count). The fourth-order valence-corrected chi connectivity index (χ4v) is 3.55. The molecular weight excluding hydrogens is 421 g/mol. The van der Waals surface area contributed by atoms with Crippen LogP contribution < -0.4 is 5.56 Å². The maximum absolute atomic E-state index is 12.7.